The van der Waals surface area contributed by atoms with Gasteiger partial charge in [-0.3, -0.25) is 0 Å². The Bertz CT molecular complexity index is 2860. The van der Waals surface area contributed by atoms with Crippen LogP contribution in [-0.2, 0) is 0 Å². The first kappa shape index (κ1) is 29.1. The zero-order valence-electron chi connectivity index (χ0n) is 27.9. The lowest BCUT2D eigenvalue weighted by Gasteiger charge is -2.18. The van der Waals surface area contributed by atoms with Crippen molar-refractivity contribution in [2.75, 3.05) is 5.32 Å². The summed E-state index contributed by atoms with van der Waals surface area (Å²) in [5, 5.41) is 8.91. The molecule has 2 heterocycles. The molecule has 0 bridgehead atoms. The maximum Gasteiger partial charge on any atom is 0.0565 e. The van der Waals surface area contributed by atoms with Crippen LogP contribution in [0.1, 0.15) is 0 Å². The molecule has 10 aromatic rings. The predicted molar refractivity (Wildman–Crippen MR) is 216 cm³/mol. The average Bonchev–Trinajstić information content (AvgIpc) is 3.72. The quantitative estimate of drug-likeness (QED) is 0.190. The summed E-state index contributed by atoms with van der Waals surface area (Å²) in [4.78, 5) is 0. The van der Waals surface area contributed by atoms with Crippen molar-refractivity contribution in [1.82, 2.24) is 9.13 Å². The van der Waals surface area contributed by atoms with Crippen molar-refractivity contribution in [2.24, 2.45) is 0 Å². The number of benzene rings is 8. The predicted octanol–water partition coefficient (Wildman–Crippen LogP) is 13.0. The number of hydrogen-bond donors (Lipinski definition) is 1. The maximum atomic E-state index is 4.04. The molecule has 8 aromatic carbocycles. The first-order chi connectivity index (χ1) is 25.3. The van der Waals surface area contributed by atoms with Crippen molar-refractivity contribution in [3.63, 3.8) is 0 Å². The van der Waals surface area contributed by atoms with Crippen LogP contribution in [0.15, 0.2) is 194 Å². The Morgan fingerprint density at radius 2 is 0.863 bits per heavy atom. The van der Waals surface area contributed by atoms with E-state index in [0.29, 0.717) is 0 Å². The number of rotatable bonds is 6. The van der Waals surface area contributed by atoms with E-state index < -0.39 is 0 Å². The van der Waals surface area contributed by atoms with Crippen LogP contribution < -0.4 is 5.32 Å². The summed E-state index contributed by atoms with van der Waals surface area (Å²) in [7, 11) is 0. The van der Waals surface area contributed by atoms with Crippen LogP contribution in [0, 0.1) is 0 Å². The Morgan fingerprint density at radius 1 is 0.333 bits per heavy atom. The van der Waals surface area contributed by atoms with E-state index in [-0.39, 0.29) is 0 Å². The molecule has 0 unspecified atom stereocenters. The van der Waals surface area contributed by atoms with Gasteiger partial charge in [-0.1, -0.05) is 133 Å². The van der Waals surface area contributed by atoms with E-state index in [2.05, 4.69) is 209 Å². The summed E-state index contributed by atoms with van der Waals surface area (Å²) in [6.07, 6.45) is 0. The summed E-state index contributed by atoms with van der Waals surface area (Å²) in [6, 6.07) is 69.7. The number of anilines is 2. The molecule has 2 aromatic heterocycles. The van der Waals surface area contributed by atoms with E-state index in [1.165, 1.54) is 43.7 Å². The molecule has 0 aliphatic heterocycles. The molecule has 0 amide bonds. The van der Waals surface area contributed by atoms with Crippen LogP contribution in [0.4, 0.5) is 11.4 Å². The van der Waals surface area contributed by atoms with Crippen molar-refractivity contribution in [1.29, 1.82) is 0 Å². The van der Waals surface area contributed by atoms with Crippen LogP contribution >= 0.6 is 0 Å². The number of fused-ring (bicyclic) bond motifs is 6. The fourth-order valence-electron chi connectivity index (χ4n) is 7.88. The molecule has 0 fully saturated rings. The molecule has 0 radical (unpaired) electrons. The van der Waals surface area contributed by atoms with Crippen molar-refractivity contribution < 1.29 is 0 Å². The third kappa shape index (κ3) is 4.74. The van der Waals surface area contributed by atoms with Crippen LogP contribution in [0.5, 0.6) is 0 Å². The fourth-order valence-corrected chi connectivity index (χ4v) is 7.88. The highest BCUT2D eigenvalue weighted by Crippen LogP contribution is 2.45. The molecule has 10 rings (SSSR count). The van der Waals surface area contributed by atoms with Crippen LogP contribution in [0.2, 0.25) is 0 Å². The molecule has 51 heavy (non-hydrogen) atoms. The lowest BCUT2D eigenvalue weighted by molar-refractivity contribution is 1.18. The zero-order valence-corrected chi connectivity index (χ0v) is 27.9. The molecule has 0 aliphatic carbocycles. The lowest BCUT2D eigenvalue weighted by Crippen LogP contribution is -1.98. The summed E-state index contributed by atoms with van der Waals surface area (Å²) in [5.41, 5.74) is 13.8. The molecule has 0 saturated carbocycles. The van der Waals surface area contributed by atoms with E-state index in [1.807, 2.05) is 0 Å². The second kappa shape index (κ2) is 11.9. The third-order valence-corrected chi connectivity index (χ3v) is 10.1. The third-order valence-electron chi connectivity index (χ3n) is 10.1. The number of nitrogens with one attached hydrogen (secondary N) is 1. The Morgan fingerprint density at radius 3 is 1.59 bits per heavy atom. The van der Waals surface area contributed by atoms with Crippen molar-refractivity contribution in [2.45, 2.75) is 0 Å². The molecule has 0 aliphatic rings. The van der Waals surface area contributed by atoms with Crippen LogP contribution in [0.25, 0.3) is 77.2 Å². The van der Waals surface area contributed by atoms with E-state index in [0.717, 1.165) is 45.0 Å². The molecule has 0 atom stereocenters. The van der Waals surface area contributed by atoms with Gasteiger partial charge in [0.1, 0.15) is 0 Å². The van der Waals surface area contributed by atoms with Crippen molar-refractivity contribution in [3.05, 3.63) is 194 Å². The normalized spacial score (nSPS) is 11.5. The average molecular weight is 652 g/mol. The molecular formula is C48H33N3. The SMILES string of the molecule is c1ccc(-c2ccccc2Nc2c(-c3ccc4c(c3)c3ccccc3n4-c3ccccc3)ccc3c2c2ccccc2n3-c2ccccc2)cc1. The first-order valence-corrected chi connectivity index (χ1v) is 17.5. The van der Waals surface area contributed by atoms with Crippen molar-refractivity contribution >= 4 is 55.0 Å². The minimum absolute atomic E-state index is 1.07. The highest BCUT2D eigenvalue weighted by Gasteiger charge is 2.21. The monoisotopic (exact) mass is 651 g/mol. The highest BCUT2D eigenvalue weighted by molar-refractivity contribution is 6.19. The van der Waals surface area contributed by atoms with E-state index in [9.17, 15) is 0 Å². The Balaban J connectivity index is 1.27. The molecular weight excluding hydrogens is 619 g/mol. The minimum atomic E-state index is 1.07. The molecule has 3 heteroatoms. The summed E-state index contributed by atoms with van der Waals surface area (Å²) in [6.45, 7) is 0. The lowest BCUT2D eigenvalue weighted by atomic mass is 9.97. The van der Waals surface area contributed by atoms with Gasteiger partial charge in [-0.15, -0.1) is 0 Å². The van der Waals surface area contributed by atoms with Gasteiger partial charge >= 0.3 is 0 Å². The van der Waals surface area contributed by atoms with Gasteiger partial charge < -0.3 is 14.5 Å². The summed E-state index contributed by atoms with van der Waals surface area (Å²) in [5.74, 6) is 0. The maximum absolute atomic E-state index is 4.04. The summed E-state index contributed by atoms with van der Waals surface area (Å²) >= 11 is 0. The van der Waals surface area contributed by atoms with Gasteiger partial charge in [0.25, 0.3) is 0 Å². The topological polar surface area (TPSA) is 21.9 Å². The number of para-hydroxylation sites is 5. The largest absolute Gasteiger partial charge is 0.354 e. The summed E-state index contributed by atoms with van der Waals surface area (Å²) < 4.78 is 4.76. The Kier molecular flexibility index (Phi) is 6.81. The van der Waals surface area contributed by atoms with Gasteiger partial charge in [-0.25, -0.2) is 0 Å². The Labute approximate surface area is 296 Å². The van der Waals surface area contributed by atoms with Gasteiger partial charge in [0, 0.05) is 49.7 Å². The fraction of sp³-hybridized carbons (Fsp3) is 0. The van der Waals surface area contributed by atoms with E-state index in [1.54, 1.807) is 0 Å². The zero-order chi connectivity index (χ0) is 33.7. The number of aromatic nitrogens is 2. The standard InChI is InChI=1S/C48H33N3/c1-4-16-33(17-5-1)37-22-10-13-25-42(37)49-48-38(29-31-46-47(48)40-24-12-15-27-44(40)51(46)36-20-8-3-9-21-36)34-28-30-45-41(32-34)39-23-11-14-26-43(39)50(45)35-18-6-2-7-19-35/h1-32,49H. The smallest absolute Gasteiger partial charge is 0.0565 e. The van der Waals surface area contributed by atoms with Gasteiger partial charge in [-0.05, 0) is 71.8 Å². The molecule has 240 valence electrons. The second-order valence-corrected chi connectivity index (χ2v) is 13.0. The molecule has 0 saturated heterocycles. The van der Waals surface area contributed by atoms with Gasteiger partial charge in [-0.2, -0.15) is 0 Å². The van der Waals surface area contributed by atoms with Gasteiger partial charge in [0.15, 0.2) is 0 Å². The molecule has 0 spiro atoms. The number of nitrogens with zero attached hydrogens (tertiary/aromatic N) is 2. The van der Waals surface area contributed by atoms with Crippen LogP contribution in [0.3, 0.4) is 0 Å². The van der Waals surface area contributed by atoms with E-state index in [4.69, 9.17) is 0 Å². The number of hydrogen-bond acceptors (Lipinski definition) is 1. The van der Waals surface area contributed by atoms with Crippen LogP contribution in [-0.4, -0.2) is 9.13 Å². The van der Waals surface area contributed by atoms with E-state index >= 15 is 0 Å². The second-order valence-electron chi connectivity index (χ2n) is 13.0. The Hall–Kier alpha value is -6.84. The molecule has 3 nitrogen and oxygen atoms in total. The highest BCUT2D eigenvalue weighted by atomic mass is 15.0. The van der Waals surface area contributed by atoms with Crippen molar-refractivity contribution in [3.8, 4) is 33.6 Å². The first-order valence-electron chi connectivity index (χ1n) is 17.5. The van der Waals surface area contributed by atoms with Gasteiger partial charge in [0.05, 0.1) is 27.8 Å². The molecule has 1 N–H and O–H groups in total. The van der Waals surface area contributed by atoms with Gasteiger partial charge in [0.2, 0.25) is 0 Å². The minimum Gasteiger partial charge on any atom is -0.354 e.